The van der Waals surface area contributed by atoms with Crippen molar-refractivity contribution >= 4 is 17.7 Å². The fourth-order valence-corrected chi connectivity index (χ4v) is 1.76. The zero-order chi connectivity index (χ0) is 12.1. The van der Waals surface area contributed by atoms with Gasteiger partial charge in [-0.1, -0.05) is 6.92 Å². The number of amides is 1. The molecule has 0 aromatic carbocycles. The van der Waals surface area contributed by atoms with E-state index in [-0.39, 0.29) is 31.3 Å². The van der Waals surface area contributed by atoms with Crippen LogP contribution in [0.5, 0.6) is 0 Å². The van der Waals surface area contributed by atoms with Crippen LogP contribution >= 0.6 is 0 Å². The van der Waals surface area contributed by atoms with Crippen LogP contribution in [0.2, 0.25) is 0 Å². The van der Waals surface area contributed by atoms with Crippen LogP contribution in [0.1, 0.15) is 26.7 Å². The molecule has 1 unspecified atom stereocenters. The van der Waals surface area contributed by atoms with Gasteiger partial charge in [0, 0.05) is 13.0 Å². The van der Waals surface area contributed by atoms with Gasteiger partial charge < -0.3 is 9.64 Å². The lowest BCUT2D eigenvalue weighted by molar-refractivity contribution is -0.146. The third-order valence-corrected chi connectivity index (χ3v) is 2.42. The maximum Gasteiger partial charge on any atom is 0.313 e. The highest BCUT2D eigenvalue weighted by Gasteiger charge is 2.28. The van der Waals surface area contributed by atoms with Gasteiger partial charge in [0.1, 0.15) is 6.42 Å². The molecule has 1 saturated heterocycles. The molecule has 1 rings (SSSR count). The molecular weight excluding hydrogens is 210 g/mol. The number of carbonyl (C=O) groups excluding carboxylic acids is 3. The molecule has 90 valence electrons. The topological polar surface area (TPSA) is 63.7 Å². The second-order valence-electron chi connectivity index (χ2n) is 4.10. The van der Waals surface area contributed by atoms with E-state index in [1.54, 1.807) is 6.92 Å². The highest BCUT2D eigenvalue weighted by molar-refractivity contribution is 5.98. The summed E-state index contributed by atoms with van der Waals surface area (Å²) in [5.74, 6) is -0.499. The van der Waals surface area contributed by atoms with Crippen molar-refractivity contribution in [2.75, 3.05) is 19.7 Å². The number of nitrogens with zero attached hydrogens (tertiary/aromatic N) is 1. The second kappa shape index (κ2) is 5.63. The van der Waals surface area contributed by atoms with Gasteiger partial charge in [0.25, 0.3) is 0 Å². The third kappa shape index (κ3) is 3.64. The van der Waals surface area contributed by atoms with E-state index in [0.717, 1.165) is 0 Å². The summed E-state index contributed by atoms with van der Waals surface area (Å²) < 4.78 is 4.66. The van der Waals surface area contributed by atoms with E-state index < -0.39 is 5.97 Å². The SMILES string of the molecule is CCOC(=O)CC(=O)CN1CC(C)CC1=O. The predicted molar refractivity (Wildman–Crippen MR) is 56.6 cm³/mol. The lowest BCUT2D eigenvalue weighted by Crippen LogP contribution is -2.32. The third-order valence-electron chi connectivity index (χ3n) is 2.42. The van der Waals surface area contributed by atoms with Crippen LogP contribution in [0.4, 0.5) is 0 Å². The molecule has 0 bridgehead atoms. The van der Waals surface area contributed by atoms with Crippen LogP contribution in [0, 0.1) is 5.92 Å². The molecule has 5 heteroatoms. The molecule has 0 radical (unpaired) electrons. The number of carbonyl (C=O) groups is 3. The minimum absolute atomic E-state index is 0.00953. The van der Waals surface area contributed by atoms with Crippen molar-refractivity contribution in [1.29, 1.82) is 0 Å². The molecule has 0 saturated carbocycles. The van der Waals surface area contributed by atoms with E-state index in [1.165, 1.54) is 4.90 Å². The van der Waals surface area contributed by atoms with Gasteiger partial charge in [0.2, 0.25) is 5.91 Å². The minimum Gasteiger partial charge on any atom is -0.466 e. The predicted octanol–water partition coefficient (Wildman–Crippen LogP) is 0.377. The number of likely N-dealkylation sites (tertiary alicyclic amines) is 1. The zero-order valence-electron chi connectivity index (χ0n) is 9.69. The Labute approximate surface area is 94.7 Å². The standard InChI is InChI=1S/C11H17NO4/c1-3-16-11(15)5-9(13)7-12-6-8(2)4-10(12)14/h8H,3-7H2,1-2H3. The van der Waals surface area contributed by atoms with Crippen molar-refractivity contribution in [3.63, 3.8) is 0 Å². The van der Waals surface area contributed by atoms with Crippen LogP contribution < -0.4 is 0 Å². The fraction of sp³-hybridized carbons (Fsp3) is 0.727. The average Bonchev–Trinajstić information content (AvgIpc) is 2.44. The average molecular weight is 227 g/mol. The van der Waals surface area contributed by atoms with Gasteiger partial charge in [-0.2, -0.15) is 0 Å². The summed E-state index contributed by atoms with van der Waals surface area (Å²) in [7, 11) is 0. The van der Waals surface area contributed by atoms with Crippen molar-refractivity contribution in [1.82, 2.24) is 4.90 Å². The summed E-state index contributed by atoms with van der Waals surface area (Å²) in [6, 6.07) is 0. The van der Waals surface area contributed by atoms with E-state index in [9.17, 15) is 14.4 Å². The van der Waals surface area contributed by atoms with Crippen molar-refractivity contribution in [3.05, 3.63) is 0 Å². The smallest absolute Gasteiger partial charge is 0.313 e. The molecule has 0 aromatic heterocycles. The van der Waals surface area contributed by atoms with E-state index in [2.05, 4.69) is 4.74 Å². The maximum atomic E-state index is 11.4. The molecule has 1 atom stereocenters. The largest absolute Gasteiger partial charge is 0.466 e. The molecule has 0 spiro atoms. The van der Waals surface area contributed by atoms with Crippen LogP contribution in [0.15, 0.2) is 0 Å². The van der Waals surface area contributed by atoms with Gasteiger partial charge in [0.05, 0.1) is 13.2 Å². The maximum absolute atomic E-state index is 11.4. The first-order chi connectivity index (χ1) is 7.52. The van der Waals surface area contributed by atoms with E-state index >= 15 is 0 Å². The molecule has 0 aromatic rings. The van der Waals surface area contributed by atoms with E-state index in [0.29, 0.717) is 18.9 Å². The lowest BCUT2D eigenvalue weighted by atomic mass is 10.2. The number of hydrogen-bond acceptors (Lipinski definition) is 4. The zero-order valence-corrected chi connectivity index (χ0v) is 9.69. The summed E-state index contributed by atoms with van der Waals surface area (Å²) >= 11 is 0. The van der Waals surface area contributed by atoms with Gasteiger partial charge in [-0.05, 0) is 12.8 Å². The fourth-order valence-electron chi connectivity index (χ4n) is 1.76. The normalized spacial score (nSPS) is 20.0. The number of ether oxygens (including phenoxy) is 1. The second-order valence-corrected chi connectivity index (χ2v) is 4.10. The first-order valence-corrected chi connectivity index (χ1v) is 5.48. The molecule has 1 aliphatic heterocycles. The van der Waals surface area contributed by atoms with Crippen LogP contribution in [0.3, 0.4) is 0 Å². The Morgan fingerprint density at radius 3 is 2.69 bits per heavy atom. The Hall–Kier alpha value is -1.39. The van der Waals surface area contributed by atoms with Crippen LogP contribution in [-0.4, -0.2) is 42.3 Å². The summed E-state index contributed by atoms with van der Waals surface area (Å²) in [5.41, 5.74) is 0. The van der Waals surface area contributed by atoms with Crippen molar-refractivity contribution < 1.29 is 19.1 Å². The van der Waals surface area contributed by atoms with E-state index in [1.807, 2.05) is 6.92 Å². The Morgan fingerprint density at radius 1 is 1.50 bits per heavy atom. The van der Waals surface area contributed by atoms with Crippen LogP contribution in [0.25, 0.3) is 0 Å². The Morgan fingerprint density at radius 2 is 2.19 bits per heavy atom. The van der Waals surface area contributed by atoms with Crippen molar-refractivity contribution in [2.24, 2.45) is 5.92 Å². The van der Waals surface area contributed by atoms with Gasteiger partial charge >= 0.3 is 5.97 Å². The van der Waals surface area contributed by atoms with Crippen molar-refractivity contribution in [3.8, 4) is 0 Å². The first-order valence-electron chi connectivity index (χ1n) is 5.48. The summed E-state index contributed by atoms with van der Waals surface area (Å²) in [5, 5.41) is 0. The van der Waals surface area contributed by atoms with Crippen molar-refractivity contribution in [2.45, 2.75) is 26.7 Å². The van der Waals surface area contributed by atoms with Gasteiger partial charge in [-0.15, -0.1) is 0 Å². The number of rotatable bonds is 5. The molecule has 0 aliphatic carbocycles. The number of Topliss-reactive ketones (excluding diaryl/α,β-unsaturated/α-hetero) is 1. The van der Waals surface area contributed by atoms with Gasteiger partial charge in [-0.3, -0.25) is 14.4 Å². The molecule has 16 heavy (non-hydrogen) atoms. The first kappa shape index (κ1) is 12.7. The summed E-state index contributed by atoms with van der Waals surface area (Å²) in [6.07, 6.45) is 0.249. The summed E-state index contributed by atoms with van der Waals surface area (Å²) in [6.45, 7) is 4.56. The highest BCUT2D eigenvalue weighted by Crippen LogP contribution is 2.16. The van der Waals surface area contributed by atoms with Crippen LogP contribution in [-0.2, 0) is 19.1 Å². The minimum atomic E-state index is -0.521. The van der Waals surface area contributed by atoms with Gasteiger partial charge in [0.15, 0.2) is 5.78 Å². The molecule has 1 heterocycles. The van der Waals surface area contributed by atoms with Gasteiger partial charge in [-0.25, -0.2) is 0 Å². The number of ketones is 1. The molecular formula is C11H17NO4. The molecule has 0 N–H and O–H groups in total. The molecule has 1 amide bonds. The van der Waals surface area contributed by atoms with E-state index in [4.69, 9.17) is 0 Å². The quantitative estimate of drug-likeness (QED) is 0.503. The monoisotopic (exact) mass is 227 g/mol. The Kier molecular flexibility index (Phi) is 4.46. The number of hydrogen-bond donors (Lipinski definition) is 0. The Bertz CT molecular complexity index is 300. The molecule has 1 fully saturated rings. The molecule has 1 aliphatic rings. The highest BCUT2D eigenvalue weighted by atomic mass is 16.5. The molecule has 5 nitrogen and oxygen atoms in total. The lowest BCUT2D eigenvalue weighted by Gasteiger charge is -2.14. The Balaban J connectivity index is 2.34. The number of esters is 1. The summed E-state index contributed by atoms with van der Waals surface area (Å²) in [4.78, 5) is 35.4.